The van der Waals surface area contributed by atoms with Crippen LogP contribution in [0.4, 0.5) is 0 Å². The fourth-order valence-corrected chi connectivity index (χ4v) is 2.83. The van der Waals surface area contributed by atoms with Gasteiger partial charge >= 0.3 is 11.9 Å². The Kier molecular flexibility index (Phi) is 8.39. The first-order chi connectivity index (χ1) is 14.0. The quantitative estimate of drug-likeness (QED) is 0.500. The lowest BCUT2D eigenvalue weighted by molar-refractivity contribution is -0.145. The summed E-state index contributed by atoms with van der Waals surface area (Å²) in [6.45, 7) is 6.46. The molecule has 0 aliphatic heterocycles. The Morgan fingerprint density at radius 3 is 1.90 bits per heavy atom. The number of benzene rings is 2. The van der Waals surface area contributed by atoms with Crippen molar-refractivity contribution in [3.05, 3.63) is 83.2 Å². The van der Waals surface area contributed by atoms with Crippen LogP contribution in [0.5, 0.6) is 0 Å². The molecule has 0 unspecified atom stereocenters. The Labute approximate surface area is 169 Å². The largest absolute Gasteiger partial charge is 0.467 e. The van der Waals surface area contributed by atoms with Gasteiger partial charge in [0, 0.05) is 12.8 Å². The lowest BCUT2D eigenvalue weighted by Gasteiger charge is -2.22. The van der Waals surface area contributed by atoms with Gasteiger partial charge in [-0.1, -0.05) is 60.7 Å². The third-order valence-corrected chi connectivity index (χ3v) is 4.24. The molecule has 2 aromatic rings. The zero-order valence-corrected chi connectivity index (χ0v) is 16.1. The van der Waals surface area contributed by atoms with Gasteiger partial charge in [-0.05, 0) is 11.1 Å². The van der Waals surface area contributed by atoms with Crippen molar-refractivity contribution in [1.82, 2.24) is 10.6 Å². The average Bonchev–Trinajstić information content (AvgIpc) is 2.74. The summed E-state index contributed by atoms with van der Waals surface area (Å²) in [5, 5.41) is 5.25. The number of nitrogens with zero attached hydrogens (tertiary/aromatic N) is 1. The molecule has 2 amide bonds. The first-order valence-corrected chi connectivity index (χ1v) is 9.12. The molecule has 29 heavy (non-hydrogen) atoms. The van der Waals surface area contributed by atoms with Gasteiger partial charge in [-0.25, -0.2) is 11.4 Å². The maximum absolute atomic E-state index is 12.9. The fraction of sp³-hybridized carbons (Fsp3) is 0.273. The van der Waals surface area contributed by atoms with Gasteiger partial charge in [0.25, 0.3) is 6.54 Å². The van der Waals surface area contributed by atoms with Crippen LogP contribution in [-0.4, -0.2) is 43.5 Å². The SMILES string of the molecule is [C-]#[N+]CC(=O)N[C@@H](Cc1ccccc1)C(=O)N[C@@H](Cc1ccccc1)C(=O)OC. The maximum atomic E-state index is 12.9. The summed E-state index contributed by atoms with van der Waals surface area (Å²) in [5.41, 5.74) is 1.70. The van der Waals surface area contributed by atoms with E-state index in [1.807, 2.05) is 60.7 Å². The van der Waals surface area contributed by atoms with Gasteiger partial charge in [-0.2, -0.15) is 0 Å². The first kappa shape index (κ1) is 21.6. The molecule has 0 bridgehead atoms. The van der Waals surface area contributed by atoms with E-state index < -0.39 is 29.9 Å². The molecule has 0 radical (unpaired) electrons. The van der Waals surface area contributed by atoms with Crippen LogP contribution in [0.2, 0.25) is 0 Å². The van der Waals surface area contributed by atoms with E-state index in [-0.39, 0.29) is 19.4 Å². The van der Waals surface area contributed by atoms with E-state index in [9.17, 15) is 14.4 Å². The molecule has 0 saturated heterocycles. The second-order valence-corrected chi connectivity index (χ2v) is 6.40. The summed E-state index contributed by atoms with van der Waals surface area (Å²) in [7, 11) is 1.26. The number of nitrogens with one attached hydrogen (secondary N) is 2. The van der Waals surface area contributed by atoms with E-state index in [0.717, 1.165) is 11.1 Å². The molecule has 7 nitrogen and oxygen atoms in total. The van der Waals surface area contributed by atoms with Crippen LogP contribution in [0.15, 0.2) is 60.7 Å². The molecular weight excluding hydrogens is 370 g/mol. The monoisotopic (exact) mass is 393 g/mol. The van der Waals surface area contributed by atoms with E-state index >= 15 is 0 Å². The summed E-state index contributed by atoms with van der Waals surface area (Å²) in [4.78, 5) is 40.1. The standard InChI is InChI=1S/C22H23N3O4/c1-23-15-20(26)24-18(13-16-9-5-3-6-10-16)21(27)25-19(22(28)29-2)14-17-11-7-4-8-12-17/h3-12,18-19H,13-15H2,2H3,(H,24,26)(H,25,27)/t18-,19-/m0/s1. The Balaban J connectivity index is 2.16. The Morgan fingerprint density at radius 2 is 1.41 bits per heavy atom. The molecule has 0 saturated carbocycles. The van der Waals surface area contributed by atoms with Gasteiger partial charge in [0.1, 0.15) is 12.1 Å². The number of carbonyl (C=O) groups is 3. The lowest BCUT2D eigenvalue weighted by Crippen LogP contribution is -2.53. The average molecular weight is 393 g/mol. The van der Waals surface area contributed by atoms with Crippen molar-refractivity contribution in [2.24, 2.45) is 0 Å². The predicted octanol–water partition coefficient (Wildman–Crippen LogP) is 1.53. The summed E-state index contributed by atoms with van der Waals surface area (Å²) >= 11 is 0. The summed E-state index contributed by atoms with van der Waals surface area (Å²) < 4.78 is 4.82. The first-order valence-electron chi connectivity index (χ1n) is 9.12. The molecular formula is C22H23N3O4. The smallest absolute Gasteiger partial charge is 0.328 e. The highest BCUT2D eigenvalue weighted by Gasteiger charge is 2.28. The van der Waals surface area contributed by atoms with Crippen LogP contribution in [0, 0.1) is 6.57 Å². The van der Waals surface area contributed by atoms with Gasteiger partial charge in [0.05, 0.1) is 7.11 Å². The molecule has 7 heteroatoms. The van der Waals surface area contributed by atoms with Crippen molar-refractivity contribution in [3.63, 3.8) is 0 Å². The predicted molar refractivity (Wildman–Crippen MR) is 108 cm³/mol. The van der Waals surface area contributed by atoms with Crippen molar-refractivity contribution in [1.29, 1.82) is 0 Å². The van der Waals surface area contributed by atoms with Crippen molar-refractivity contribution in [3.8, 4) is 0 Å². The fourth-order valence-electron chi connectivity index (χ4n) is 2.83. The van der Waals surface area contributed by atoms with E-state index in [0.29, 0.717) is 0 Å². The number of amides is 2. The Bertz CT molecular complexity index is 863. The summed E-state index contributed by atoms with van der Waals surface area (Å²) in [5.74, 6) is -1.64. The Hall–Kier alpha value is -3.66. The number of rotatable bonds is 9. The van der Waals surface area contributed by atoms with Crippen molar-refractivity contribution in [2.75, 3.05) is 13.7 Å². The number of esters is 1. The van der Waals surface area contributed by atoms with Gasteiger partial charge < -0.3 is 20.2 Å². The maximum Gasteiger partial charge on any atom is 0.328 e. The Morgan fingerprint density at radius 1 is 0.897 bits per heavy atom. The zero-order chi connectivity index (χ0) is 21.1. The van der Waals surface area contributed by atoms with E-state index in [1.165, 1.54) is 7.11 Å². The third-order valence-electron chi connectivity index (χ3n) is 4.24. The molecule has 0 fully saturated rings. The van der Waals surface area contributed by atoms with E-state index in [2.05, 4.69) is 15.5 Å². The topological polar surface area (TPSA) is 88.9 Å². The minimum Gasteiger partial charge on any atom is -0.467 e. The van der Waals surface area contributed by atoms with Crippen LogP contribution in [0.25, 0.3) is 4.85 Å². The highest BCUT2D eigenvalue weighted by Crippen LogP contribution is 2.07. The number of hydrogen-bond acceptors (Lipinski definition) is 4. The van der Waals surface area contributed by atoms with Gasteiger partial charge in [0.15, 0.2) is 0 Å². The van der Waals surface area contributed by atoms with E-state index in [1.54, 1.807) is 0 Å². The lowest BCUT2D eigenvalue weighted by atomic mass is 10.0. The van der Waals surface area contributed by atoms with Crippen molar-refractivity contribution in [2.45, 2.75) is 24.9 Å². The highest BCUT2D eigenvalue weighted by molar-refractivity contribution is 5.91. The molecule has 0 spiro atoms. The molecule has 2 aromatic carbocycles. The molecule has 2 N–H and O–H groups in total. The highest BCUT2D eigenvalue weighted by atomic mass is 16.5. The summed E-state index contributed by atoms with van der Waals surface area (Å²) in [6, 6.07) is 16.6. The molecule has 2 atom stereocenters. The van der Waals surface area contributed by atoms with Crippen molar-refractivity contribution >= 4 is 17.8 Å². The van der Waals surface area contributed by atoms with Gasteiger partial charge in [-0.15, -0.1) is 0 Å². The normalized spacial score (nSPS) is 12.1. The van der Waals surface area contributed by atoms with Gasteiger partial charge in [0.2, 0.25) is 5.91 Å². The van der Waals surface area contributed by atoms with E-state index in [4.69, 9.17) is 11.3 Å². The number of carbonyl (C=O) groups excluding carboxylic acids is 3. The third kappa shape index (κ3) is 7.11. The minimum absolute atomic E-state index is 0.232. The number of ether oxygens (including phenoxy) is 1. The molecule has 2 rings (SSSR count). The number of methoxy groups -OCH3 is 1. The second kappa shape index (κ2) is 11.2. The van der Waals surface area contributed by atoms with Gasteiger partial charge in [-0.3, -0.25) is 9.59 Å². The second-order valence-electron chi connectivity index (χ2n) is 6.40. The van der Waals surface area contributed by atoms with Crippen LogP contribution in [0.3, 0.4) is 0 Å². The zero-order valence-electron chi connectivity index (χ0n) is 16.1. The van der Waals surface area contributed by atoms with Crippen molar-refractivity contribution < 1.29 is 19.1 Å². The minimum atomic E-state index is -0.922. The summed E-state index contributed by atoms with van der Waals surface area (Å²) in [6.07, 6.45) is 0.489. The molecule has 0 aliphatic carbocycles. The molecule has 0 aromatic heterocycles. The molecule has 0 aliphatic rings. The van der Waals surface area contributed by atoms with Crippen LogP contribution in [-0.2, 0) is 32.0 Å². The molecule has 150 valence electrons. The van der Waals surface area contributed by atoms with Crippen LogP contribution < -0.4 is 10.6 Å². The molecule has 0 heterocycles. The van der Waals surface area contributed by atoms with Crippen LogP contribution in [0.1, 0.15) is 11.1 Å². The number of hydrogen-bond donors (Lipinski definition) is 2. The van der Waals surface area contributed by atoms with Crippen LogP contribution >= 0.6 is 0 Å².